The number of anilines is 1. The predicted octanol–water partition coefficient (Wildman–Crippen LogP) is 2.42. The Bertz CT molecular complexity index is 469. The fourth-order valence-corrected chi connectivity index (χ4v) is 2.80. The van der Waals surface area contributed by atoms with Crippen molar-refractivity contribution >= 4 is 28.3 Å². The van der Waals surface area contributed by atoms with Crippen LogP contribution in [0.15, 0.2) is 29.2 Å². The van der Waals surface area contributed by atoms with E-state index in [1.54, 1.807) is 11.8 Å². The summed E-state index contributed by atoms with van der Waals surface area (Å²) in [5.74, 6) is 6.14. The number of hydrogen-bond acceptors (Lipinski definition) is 6. The average molecular weight is 252 g/mol. The topological polar surface area (TPSA) is 63.8 Å². The van der Waals surface area contributed by atoms with Gasteiger partial charge in [-0.15, -0.1) is 16.9 Å². The van der Waals surface area contributed by atoms with Gasteiger partial charge in [-0.05, 0) is 19.1 Å². The van der Waals surface area contributed by atoms with E-state index < -0.39 is 0 Å². The zero-order valence-corrected chi connectivity index (χ0v) is 10.4. The normalized spacial score (nSPS) is 10.4. The summed E-state index contributed by atoms with van der Waals surface area (Å²) in [7, 11) is 0. The van der Waals surface area contributed by atoms with E-state index >= 15 is 0 Å². The molecule has 0 saturated heterocycles. The van der Waals surface area contributed by atoms with Gasteiger partial charge in [0.2, 0.25) is 0 Å². The van der Waals surface area contributed by atoms with Gasteiger partial charge in [0.05, 0.1) is 0 Å². The van der Waals surface area contributed by atoms with Crippen LogP contribution in [0, 0.1) is 6.92 Å². The molecule has 1 heterocycles. The van der Waals surface area contributed by atoms with Crippen LogP contribution in [-0.4, -0.2) is 9.59 Å². The van der Waals surface area contributed by atoms with Gasteiger partial charge in [0, 0.05) is 22.2 Å². The maximum Gasteiger partial charge on any atom is 0.148 e. The van der Waals surface area contributed by atoms with Crippen molar-refractivity contribution in [3.63, 3.8) is 0 Å². The smallest absolute Gasteiger partial charge is 0.148 e. The Labute approximate surface area is 102 Å². The molecule has 0 unspecified atom stereocenters. The average Bonchev–Trinajstić information content (AvgIpc) is 2.74. The second-order valence-electron chi connectivity index (χ2n) is 3.30. The lowest BCUT2D eigenvalue weighted by atomic mass is 10.2. The van der Waals surface area contributed by atoms with Gasteiger partial charge in [-0.2, -0.15) is 0 Å². The van der Waals surface area contributed by atoms with Crippen LogP contribution >= 0.6 is 23.3 Å². The van der Waals surface area contributed by atoms with E-state index in [-0.39, 0.29) is 0 Å². The van der Waals surface area contributed by atoms with Crippen LogP contribution in [0.3, 0.4) is 0 Å². The number of nitrogen functional groups attached to an aromatic ring is 1. The lowest BCUT2D eigenvalue weighted by Gasteiger charge is -2.02. The SMILES string of the molecule is Cc1cccc(SCc2nnsc2NN)c1. The highest BCUT2D eigenvalue weighted by Crippen LogP contribution is 2.27. The first kappa shape index (κ1) is 11.4. The van der Waals surface area contributed by atoms with Crippen molar-refractivity contribution in [2.24, 2.45) is 5.84 Å². The predicted molar refractivity (Wildman–Crippen MR) is 68.5 cm³/mol. The summed E-state index contributed by atoms with van der Waals surface area (Å²) in [5, 5.41) is 4.86. The maximum absolute atomic E-state index is 5.36. The quantitative estimate of drug-likeness (QED) is 0.497. The zero-order chi connectivity index (χ0) is 11.4. The number of hydrazine groups is 1. The van der Waals surface area contributed by atoms with E-state index in [9.17, 15) is 0 Å². The number of benzene rings is 1. The van der Waals surface area contributed by atoms with E-state index in [0.29, 0.717) is 0 Å². The number of rotatable bonds is 4. The number of thioether (sulfide) groups is 1. The van der Waals surface area contributed by atoms with Crippen molar-refractivity contribution in [2.75, 3.05) is 5.43 Å². The molecule has 16 heavy (non-hydrogen) atoms. The molecule has 0 aliphatic heterocycles. The molecule has 2 aromatic rings. The van der Waals surface area contributed by atoms with Crippen LogP contribution < -0.4 is 11.3 Å². The van der Waals surface area contributed by atoms with E-state index in [0.717, 1.165) is 16.4 Å². The third-order valence-electron chi connectivity index (χ3n) is 2.05. The van der Waals surface area contributed by atoms with Crippen LogP contribution in [0.5, 0.6) is 0 Å². The summed E-state index contributed by atoms with van der Waals surface area (Å²) in [5.41, 5.74) is 4.77. The Morgan fingerprint density at radius 2 is 2.38 bits per heavy atom. The molecule has 0 aliphatic rings. The second kappa shape index (κ2) is 5.29. The molecule has 84 valence electrons. The van der Waals surface area contributed by atoms with Gasteiger partial charge in [0.25, 0.3) is 0 Å². The standard InChI is InChI=1S/C10H12N4S2/c1-7-3-2-4-8(5-7)15-6-9-10(12-11)16-14-13-9/h2-5,12H,6,11H2,1H3. The van der Waals surface area contributed by atoms with Crippen LogP contribution in [0.25, 0.3) is 0 Å². The van der Waals surface area contributed by atoms with Crippen molar-refractivity contribution in [3.8, 4) is 0 Å². The van der Waals surface area contributed by atoms with Gasteiger partial charge >= 0.3 is 0 Å². The van der Waals surface area contributed by atoms with Crippen LogP contribution in [-0.2, 0) is 5.75 Å². The number of hydrogen-bond donors (Lipinski definition) is 2. The van der Waals surface area contributed by atoms with Crippen molar-refractivity contribution in [2.45, 2.75) is 17.6 Å². The molecule has 0 spiro atoms. The van der Waals surface area contributed by atoms with Crippen molar-refractivity contribution in [1.29, 1.82) is 0 Å². The first-order chi connectivity index (χ1) is 7.79. The highest BCUT2D eigenvalue weighted by molar-refractivity contribution is 7.98. The number of nitrogens with two attached hydrogens (primary N) is 1. The van der Waals surface area contributed by atoms with Gasteiger partial charge in [-0.3, -0.25) is 0 Å². The first-order valence-corrected chi connectivity index (χ1v) is 6.53. The molecule has 1 aromatic heterocycles. The molecule has 3 N–H and O–H groups in total. The molecule has 0 fully saturated rings. The summed E-state index contributed by atoms with van der Waals surface area (Å²) in [6.45, 7) is 2.08. The van der Waals surface area contributed by atoms with Crippen LogP contribution in [0.2, 0.25) is 0 Å². The molecular formula is C10H12N4S2. The molecular weight excluding hydrogens is 240 g/mol. The fraction of sp³-hybridized carbons (Fsp3) is 0.200. The molecule has 0 atom stereocenters. The third-order valence-corrected chi connectivity index (χ3v) is 3.76. The minimum atomic E-state index is 0.777. The Kier molecular flexibility index (Phi) is 3.76. The van der Waals surface area contributed by atoms with Gasteiger partial charge < -0.3 is 5.43 Å². The summed E-state index contributed by atoms with van der Waals surface area (Å²) >= 11 is 3.01. The molecule has 0 aliphatic carbocycles. The molecule has 2 rings (SSSR count). The van der Waals surface area contributed by atoms with Gasteiger partial charge in [-0.25, -0.2) is 5.84 Å². The molecule has 4 nitrogen and oxygen atoms in total. The lowest BCUT2D eigenvalue weighted by Crippen LogP contribution is -2.06. The molecule has 0 bridgehead atoms. The molecule has 0 saturated carbocycles. The summed E-state index contributed by atoms with van der Waals surface area (Å²) in [4.78, 5) is 1.23. The van der Waals surface area contributed by atoms with E-state index in [1.807, 2.05) is 0 Å². The van der Waals surface area contributed by atoms with Gasteiger partial charge in [0.15, 0.2) is 0 Å². The summed E-state index contributed by atoms with van der Waals surface area (Å²) < 4.78 is 3.86. The minimum absolute atomic E-state index is 0.777. The van der Waals surface area contributed by atoms with Crippen molar-refractivity contribution in [1.82, 2.24) is 9.59 Å². The number of aromatic nitrogens is 2. The van der Waals surface area contributed by atoms with Gasteiger partial charge in [-0.1, -0.05) is 22.2 Å². The largest absolute Gasteiger partial charge is 0.313 e. The highest BCUT2D eigenvalue weighted by atomic mass is 32.2. The van der Waals surface area contributed by atoms with Crippen LogP contribution in [0.4, 0.5) is 5.00 Å². The van der Waals surface area contributed by atoms with Crippen molar-refractivity contribution < 1.29 is 0 Å². The lowest BCUT2D eigenvalue weighted by molar-refractivity contribution is 1.07. The minimum Gasteiger partial charge on any atom is -0.313 e. The highest BCUT2D eigenvalue weighted by Gasteiger charge is 2.06. The van der Waals surface area contributed by atoms with Crippen molar-refractivity contribution in [3.05, 3.63) is 35.5 Å². The molecule has 1 aromatic carbocycles. The Balaban J connectivity index is 2.02. The first-order valence-electron chi connectivity index (χ1n) is 4.77. The number of nitrogens with one attached hydrogen (secondary N) is 1. The number of aryl methyl sites for hydroxylation is 1. The second-order valence-corrected chi connectivity index (χ2v) is 5.10. The monoisotopic (exact) mass is 252 g/mol. The van der Waals surface area contributed by atoms with Crippen LogP contribution in [0.1, 0.15) is 11.3 Å². The summed E-state index contributed by atoms with van der Waals surface area (Å²) in [6.07, 6.45) is 0. The Morgan fingerprint density at radius 3 is 3.12 bits per heavy atom. The van der Waals surface area contributed by atoms with E-state index in [1.165, 1.54) is 22.0 Å². The Morgan fingerprint density at radius 1 is 1.50 bits per heavy atom. The number of nitrogens with zero attached hydrogens (tertiary/aromatic N) is 2. The Hall–Kier alpha value is -1.11. The third kappa shape index (κ3) is 2.72. The molecule has 0 radical (unpaired) electrons. The zero-order valence-electron chi connectivity index (χ0n) is 8.80. The molecule has 0 amide bonds. The van der Waals surface area contributed by atoms with Gasteiger partial charge in [0.1, 0.15) is 10.7 Å². The fourth-order valence-electron chi connectivity index (χ4n) is 1.27. The summed E-state index contributed by atoms with van der Waals surface area (Å²) in [6, 6.07) is 8.38. The molecule has 6 heteroatoms. The maximum atomic E-state index is 5.36. The van der Waals surface area contributed by atoms with E-state index in [2.05, 4.69) is 46.2 Å². The van der Waals surface area contributed by atoms with E-state index in [4.69, 9.17) is 5.84 Å².